The summed E-state index contributed by atoms with van der Waals surface area (Å²) in [7, 11) is 1.35. The molecule has 0 fully saturated rings. The van der Waals surface area contributed by atoms with Gasteiger partial charge in [-0.2, -0.15) is 0 Å². The number of esters is 1. The first-order valence-electron chi connectivity index (χ1n) is 7.60. The van der Waals surface area contributed by atoms with Gasteiger partial charge >= 0.3 is 12.1 Å². The molecule has 0 aromatic heterocycles. The Morgan fingerprint density at radius 3 is 2.43 bits per heavy atom. The number of methoxy groups -OCH3 is 1. The zero-order valence-corrected chi connectivity index (χ0v) is 14.2. The molecule has 0 saturated carbocycles. The van der Waals surface area contributed by atoms with E-state index in [9.17, 15) is 9.59 Å². The Kier molecular flexibility index (Phi) is 7.32. The van der Waals surface area contributed by atoms with E-state index in [0.29, 0.717) is 6.42 Å². The van der Waals surface area contributed by atoms with E-state index in [1.807, 2.05) is 42.5 Å². The molecule has 1 amide bonds. The van der Waals surface area contributed by atoms with Crippen LogP contribution in [0.4, 0.5) is 4.79 Å². The fourth-order valence-electron chi connectivity index (χ4n) is 1.84. The van der Waals surface area contributed by atoms with Crippen molar-refractivity contribution in [2.45, 2.75) is 45.3 Å². The summed E-state index contributed by atoms with van der Waals surface area (Å²) in [6.07, 6.45) is 3.90. The molecular weight excluding hydrogens is 294 g/mol. The summed E-state index contributed by atoms with van der Waals surface area (Å²) in [5, 5.41) is 2.77. The van der Waals surface area contributed by atoms with Gasteiger partial charge in [-0.1, -0.05) is 42.5 Å². The monoisotopic (exact) mass is 319 g/mol. The molecule has 0 aliphatic rings. The van der Waals surface area contributed by atoms with Crippen LogP contribution in [0, 0.1) is 0 Å². The minimum absolute atomic E-state index is 0.218. The molecule has 0 bridgehead atoms. The third kappa shape index (κ3) is 8.66. The van der Waals surface area contributed by atoms with E-state index in [1.165, 1.54) is 7.11 Å². The normalized spacial score (nSPS) is 12.7. The van der Waals surface area contributed by atoms with Crippen molar-refractivity contribution >= 4 is 18.1 Å². The predicted molar refractivity (Wildman–Crippen MR) is 89.9 cm³/mol. The van der Waals surface area contributed by atoms with Crippen molar-refractivity contribution in [3.8, 4) is 0 Å². The Labute approximate surface area is 137 Å². The highest BCUT2D eigenvalue weighted by Gasteiger charge is 2.19. The van der Waals surface area contributed by atoms with E-state index in [1.54, 1.807) is 20.8 Å². The summed E-state index contributed by atoms with van der Waals surface area (Å²) in [4.78, 5) is 23.2. The molecule has 1 aromatic rings. The molecule has 0 unspecified atom stereocenters. The van der Waals surface area contributed by atoms with Gasteiger partial charge < -0.3 is 14.8 Å². The van der Waals surface area contributed by atoms with Crippen LogP contribution in [0.15, 0.2) is 36.4 Å². The number of amides is 1. The summed E-state index contributed by atoms with van der Waals surface area (Å²) >= 11 is 0. The molecule has 23 heavy (non-hydrogen) atoms. The summed E-state index contributed by atoms with van der Waals surface area (Å²) in [5.74, 6) is -0.311. The highest BCUT2D eigenvalue weighted by molar-refractivity contribution is 5.70. The van der Waals surface area contributed by atoms with Crippen LogP contribution in [-0.2, 0) is 14.3 Å². The zero-order valence-electron chi connectivity index (χ0n) is 14.2. The maximum Gasteiger partial charge on any atom is 0.408 e. The van der Waals surface area contributed by atoms with Crippen LogP contribution >= 0.6 is 0 Å². The van der Waals surface area contributed by atoms with E-state index in [2.05, 4.69) is 10.1 Å². The number of ether oxygens (including phenoxy) is 2. The van der Waals surface area contributed by atoms with Crippen molar-refractivity contribution < 1.29 is 19.1 Å². The van der Waals surface area contributed by atoms with Gasteiger partial charge in [0.1, 0.15) is 5.60 Å². The Balaban J connectivity index is 2.70. The largest absolute Gasteiger partial charge is 0.469 e. The smallest absolute Gasteiger partial charge is 0.408 e. The van der Waals surface area contributed by atoms with Gasteiger partial charge in [0.25, 0.3) is 0 Å². The molecule has 0 radical (unpaired) electrons. The number of nitrogens with one attached hydrogen (secondary N) is 1. The molecule has 1 rings (SSSR count). The number of benzene rings is 1. The zero-order chi connectivity index (χ0) is 17.3. The first kappa shape index (κ1) is 18.7. The lowest BCUT2D eigenvalue weighted by molar-refractivity contribution is -0.140. The van der Waals surface area contributed by atoms with Gasteiger partial charge in [-0.25, -0.2) is 4.79 Å². The topological polar surface area (TPSA) is 64.6 Å². The molecule has 1 N–H and O–H groups in total. The van der Waals surface area contributed by atoms with Gasteiger partial charge in [-0.3, -0.25) is 4.79 Å². The Bertz CT molecular complexity index is 532. The third-order valence-electron chi connectivity index (χ3n) is 2.91. The highest BCUT2D eigenvalue weighted by Crippen LogP contribution is 2.10. The van der Waals surface area contributed by atoms with Crippen molar-refractivity contribution in [1.82, 2.24) is 5.32 Å². The van der Waals surface area contributed by atoms with Crippen LogP contribution in [0.25, 0.3) is 6.08 Å². The number of carbonyl (C=O) groups is 2. The van der Waals surface area contributed by atoms with Crippen LogP contribution in [0.1, 0.15) is 39.2 Å². The number of carbonyl (C=O) groups excluding carboxylic acids is 2. The molecule has 1 atom stereocenters. The summed E-state index contributed by atoms with van der Waals surface area (Å²) in [6, 6.07) is 9.41. The minimum atomic E-state index is -0.569. The van der Waals surface area contributed by atoms with E-state index in [-0.39, 0.29) is 18.4 Å². The molecule has 5 nitrogen and oxygen atoms in total. The fourth-order valence-corrected chi connectivity index (χ4v) is 1.84. The van der Waals surface area contributed by atoms with Crippen molar-refractivity contribution in [3.63, 3.8) is 0 Å². The molecule has 126 valence electrons. The lowest BCUT2D eigenvalue weighted by Gasteiger charge is -2.22. The number of hydrogen-bond donors (Lipinski definition) is 1. The standard InChI is InChI=1S/C18H25NO4/c1-18(2,3)23-17(21)19-15(12-13-16(20)22-4)11-10-14-8-6-5-7-9-14/h5-11,15H,12-13H2,1-4H3,(H,19,21)/b11-10+/t15-/m1/s1. The molecule has 0 aliphatic heterocycles. The van der Waals surface area contributed by atoms with Crippen molar-refractivity contribution in [1.29, 1.82) is 0 Å². The van der Waals surface area contributed by atoms with Gasteiger partial charge in [-0.15, -0.1) is 0 Å². The minimum Gasteiger partial charge on any atom is -0.469 e. The average molecular weight is 319 g/mol. The Morgan fingerprint density at radius 1 is 1.22 bits per heavy atom. The molecule has 1 aromatic carbocycles. The quantitative estimate of drug-likeness (QED) is 0.814. The summed E-state index contributed by atoms with van der Waals surface area (Å²) in [5.41, 5.74) is 0.446. The predicted octanol–water partition coefficient (Wildman–Crippen LogP) is 3.55. The van der Waals surface area contributed by atoms with E-state index < -0.39 is 11.7 Å². The maximum absolute atomic E-state index is 11.9. The van der Waals surface area contributed by atoms with E-state index >= 15 is 0 Å². The molecule has 0 spiro atoms. The van der Waals surface area contributed by atoms with Gasteiger partial charge in [0.05, 0.1) is 13.2 Å². The van der Waals surface area contributed by atoms with Crippen LogP contribution in [0.3, 0.4) is 0 Å². The highest BCUT2D eigenvalue weighted by atomic mass is 16.6. The van der Waals surface area contributed by atoms with Crippen LogP contribution < -0.4 is 5.32 Å². The van der Waals surface area contributed by atoms with Crippen molar-refractivity contribution in [2.24, 2.45) is 0 Å². The molecule has 0 heterocycles. The average Bonchev–Trinajstić information content (AvgIpc) is 2.48. The van der Waals surface area contributed by atoms with Crippen LogP contribution in [0.5, 0.6) is 0 Å². The van der Waals surface area contributed by atoms with Gasteiger partial charge in [0, 0.05) is 6.42 Å². The summed E-state index contributed by atoms with van der Waals surface area (Å²) in [6.45, 7) is 5.40. The second-order valence-electron chi connectivity index (χ2n) is 6.14. The lowest BCUT2D eigenvalue weighted by Crippen LogP contribution is -2.38. The van der Waals surface area contributed by atoms with Crippen molar-refractivity contribution in [3.05, 3.63) is 42.0 Å². The van der Waals surface area contributed by atoms with Gasteiger partial charge in [0.2, 0.25) is 0 Å². The fraction of sp³-hybridized carbons (Fsp3) is 0.444. The Hall–Kier alpha value is -2.30. The second-order valence-corrected chi connectivity index (χ2v) is 6.14. The third-order valence-corrected chi connectivity index (χ3v) is 2.91. The second kappa shape index (κ2) is 8.98. The molecular formula is C18H25NO4. The SMILES string of the molecule is COC(=O)CC[C@@H](/C=C/c1ccccc1)NC(=O)OC(C)(C)C. The van der Waals surface area contributed by atoms with Crippen LogP contribution in [-0.4, -0.2) is 30.8 Å². The van der Waals surface area contributed by atoms with Crippen LogP contribution in [0.2, 0.25) is 0 Å². The molecule has 5 heteroatoms. The number of rotatable bonds is 6. The van der Waals surface area contributed by atoms with E-state index in [4.69, 9.17) is 4.74 Å². The van der Waals surface area contributed by atoms with E-state index in [0.717, 1.165) is 5.56 Å². The first-order chi connectivity index (χ1) is 10.8. The van der Waals surface area contributed by atoms with Gasteiger partial charge in [0.15, 0.2) is 0 Å². The van der Waals surface area contributed by atoms with Crippen molar-refractivity contribution in [2.75, 3.05) is 7.11 Å². The molecule has 0 aliphatic carbocycles. The maximum atomic E-state index is 11.9. The summed E-state index contributed by atoms with van der Waals surface area (Å²) < 4.78 is 9.90. The Morgan fingerprint density at radius 2 is 1.87 bits per heavy atom. The number of hydrogen-bond acceptors (Lipinski definition) is 4. The lowest BCUT2D eigenvalue weighted by atomic mass is 10.1. The number of alkyl carbamates (subject to hydrolysis) is 1. The molecule has 0 saturated heterocycles. The van der Waals surface area contributed by atoms with Gasteiger partial charge in [-0.05, 0) is 32.8 Å². The first-order valence-corrected chi connectivity index (χ1v) is 7.60.